The molecule has 2 fully saturated rings. The van der Waals surface area contributed by atoms with Crippen LogP contribution in [-0.2, 0) is 16.2 Å². The Morgan fingerprint density at radius 3 is 2.18 bits per heavy atom. The number of benzene rings is 2. The lowest BCUT2D eigenvalue weighted by molar-refractivity contribution is -0.306. The number of amides is 1. The van der Waals surface area contributed by atoms with E-state index < -0.39 is 81.8 Å². The number of aliphatic hydroxyl groups is 5. The van der Waals surface area contributed by atoms with Crippen molar-refractivity contribution in [1.82, 2.24) is 0 Å². The zero-order valence-corrected chi connectivity index (χ0v) is 25.4. The van der Waals surface area contributed by atoms with E-state index in [-0.39, 0.29) is 17.9 Å². The topological polar surface area (TPSA) is 199 Å². The van der Waals surface area contributed by atoms with Crippen LogP contribution >= 0.6 is 0 Å². The molecule has 3 aliphatic carbocycles. The van der Waals surface area contributed by atoms with E-state index in [1.807, 2.05) is 0 Å². The summed E-state index contributed by atoms with van der Waals surface area (Å²) < 4.78 is 0. The molecule has 236 valence electrons. The minimum absolute atomic E-state index is 0.0913. The number of hydrogen-bond acceptors (Lipinski definition) is 9. The molecule has 2 aromatic rings. The van der Waals surface area contributed by atoms with Crippen LogP contribution in [0.15, 0.2) is 36.4 Å². The Morgan fingerprint density at radius 2 is 1.64 bits per heavy atom. The number of nitrogens with two attached hydrogens (primary N) is 1. The highest BCUT2D eigenvalue weighted by Gasteiger charge is 2.80. The van der Waals surface area contributed by atoms with E-state index in [4.69, 9.17) is 5.73 Å². The fraction of sp³-hybridized carbons (Fsp3) is 0.500. The van der Waals surface area contributed by atoms with E-state index >= 15 is 0 Å². The summed E-state index contributed by atoms with van der Waals surface area (Å²) in [5.74, 6) is -9.21. The van der Waals surface area contributed by atoms with Crippen molar-refractivity contribution in [3.63, 3.8) is 0 Å². The Hall–Kier alpha value is -3.41. The van der Waals surface area contributed by atoms with Gasteiger partial charge in [-0.05, 0) is 34.4 Å². The minimum atomic E-state index is -2.83. The zero-order valence-electron chi connectivity index (χ0n) is 25.4. The molecule has 0 aromatic heterocycles. The summed E-state index contributed by atoms with van der Waals surface area (Å²) in [7, 11) is 0. The van der Waals surface area contributed by atoms with Crippen molar-refractivity contribution in [2.24, 2.45) is 40.2 Å². The van der Waals surface area contributed by atoms with Crippen LogP contribution in [0.2, 0.25) is 0 Å². The fourth-order valence-corrected chi connectivity index (χ4v) is 8.83. The number of aliphatic hydroxyl groups excluding tert-OH is 4. The Kier molecular flexibility index (Phi) is 7.71. The van der Waals surface area contributed by atoms with Gasteiger partial charge in [0.15, 0.2) is 17.2 Å². The van der Waals surface area contributed by atoms with Gasteiger partial charge in [0.1, 0.15) is 17.8 Å². The van der Waals surface area contributed by atoms with E-state index in [1.54, 1.807) is 76.2 Å². The highest BCUT2D eigenvalue weighted by molar-refractivity contribution is 6.09. The number of carbonyl (C=O) groups excluding carboxylic acids is 3. The molecule has 0 saturated heterocycles. The Morgan fingerprint density at radius 1 is 1.02 bits per heavy atom. The number of phenolic OH excluding ortho intramolecular Hbond substituents is 1. The van der Waals surface area contributed by atoms with Crippen LogP contribution in [-0.4, -0.2) is 72.0 Å². The third-order valence-electron chi connectivity index (χ3n) is 11.3. The second kappa shape index (κ2) is 10.6. The van der Waals surface area contributed by atoms with Gasteiger partial charge in [-0.1, -0.05) is 83.2 Å². The minimum Gasteiger partial charge on any atom is -0.507 e. The highest BCUT2D eigenvalue weighted by Crippen LogP contribution is 2.68. The van der Waals surface area contributed by atoms with Gasteiger partial charge >= 0.3 is 0 Å². The number of phenols is 1. The monoisotopic (exact) mass is 607 g/mol. The number of aromatic hydroxyl groups is 1. The predicted molar refractivity (Wildman–Crippen MR) is 161 cm³/mol. The number of Topliss-reactive ketones (excluding diaryl/α,β-unsaturated/α-hetero) is 2. The summed E-state index contributed by atoms with van der Waals surface area (Å²) in [4.78, 5) is 40.7. The molecule has 10 heteroatoms. The van der Waals surface area contributed by atoms with Gasteiger partial charge in [0.2, 0.25) is 5.91 Å². The molecule has 5 rings (SSSR count). The van der Waals surface area contributed by atoms with E-state index in [0.717, 1.165) is 11.1 Å². The smallest absolute Gasteiger partial charge is 0.230 e. The summed E-state index contributed by atoms with van der Waals surface area (Å²) >= 11 is 0. The SMILES string of the molecule is CC(C)[C@H]1C(O)[C@@H](C(N)=O)C(=O)[C@]2(O)C(O)[C@H]3C(=O)c4c(ccc(/C=C/c5ccc(CO)cc5)c4O)[C@@H](C)[C@]3(C)[C@@H](O)[C@]12C. The molecular weight excluding hydrogens is 566 g/mol. The third kappa shape index (κ3) is 3.94. The molecule has 2 unspecified atom stereocenters. The van der Waals surface area contributed by atoms with Crippen LogP contribution in [0.25, 0.3) is 12.2 Å². The van der Waals surface area contributed by atoms with Gasteiger partial charge in [-0.15, -0.1) is 0 Å². The standard InChI is InChI=1S/C34H41NO9/c1-15(2)23-27(39)22(30(35)42)28(40)34(44)29(41)24-26(38)21-20(16(3)32(24,4)31(43)33(23,34)5)13-12-19(25(21)37)11-10-17-6-8-18(14-36)9-7-17/h6-13,15-16,22-24,27,29,31,36-37,39,41,43-44H,14H2,1-5H3,(H2,35,42)/b11-10+/t16-,22-,23+,24-,27?,29?,31-,32+,33+,34+/m1/s1. The highest BCUT2D eigenvalue weighted by atomic mass is 16.4. The van der Waals surface area contributed by atoms with E-state index in [1.165, 1.54) is 6.92 Å². The number of fused-ring (bicyclic) bond motifs is 3. The molecule has 8 N–H and O–H groups in total. The zero-order chi connectivity index (χ0) is 32.7. The van der Waals surface area contributed by atoms with Gasteiger partial charge in [0.25, 0.3) is 0 Å². The molecule has 0 heterocycles. The molecule has 0 bridgehead atoms. The number of primary amides is 1. The molecule has 10 nitrogen and oxygen atoms in total. The van der Waals surface area contributed by atoms with Crippen LogP contribution < -0.4 is 5.73 Å². The van der Waals surface area contributed by atoms with Crippen molar-refractivity contribution >= 4 is 29.6 Å². The van der Waals surface area contributed by atoms with E-state index in [0.29, 0.717) is 11.1 Å². The van der Waals surface area contributed by atoms with Gasteiger partial charge in [0.05, 0.1) is 30.3 Å². The summed E-state index contributed by atoms with van der Waals surface area (Å²) in [5, 5.41) is 68.5. The molecule has 0 spiro atoms. The molecule has 2 saturated carbocycles. The normalized spacial score (nSPS) is 38.4. The van der Waals surface area contributed by atoms with Gasteiger partial charge in [-0.2, -0.15) is 0 Å². The first-order valence-electron chi connectivity index (χ1n) is 14.9. The number of hydrogen-bond donors (Lipinski definition) is 7. The second-order valence-electron chi connectivity index (χ2n) is 13.5. The lowest BCUT2D eigenvalue weighted by Crippen LogP contribution is -2.83. The number of carbonyl (C=O) groups is 3. The van der Waals surface area contributed by atoms with Crippen LogP contribution in [0.4, 0.5) is 0 Å². The Labute approximate surface area is 255 Å². The molecule has 2 aromatic carbocycles. The molecule has 44 heavy (non-hydrogen) atoms. The second-order valence-corrected chi connectivity index (χ2v) is 13.5. The quantitative estimate of drug-likeness (QED) is 0.196. The van der Waals surface area contributed by atoms with Crippen LogP contribution in [0, 0.1) is 34.5 Å². The average molecular weight is 608 g/mol. The van der Waals surface area contributed by atoms with E-state index in [2.05, 4.69) is 0 Å². The first-order chi connectivity index (χ1) is 20.5. The maximum Gasteiger partial charge on any atom is 0.230 e. The molecule has 1 amide bonds. The average Bonchev–Trinajstić information content (AvgIpc) is 2.96. The van der Waals surface area contributed by atoms with Crippen molar-refractivity contribution in [3.8, 4) is 5.75 Å². The predicted octanol–water partition coefficient (Wildman–Crippen LogP) is 1.77. The van der Waals surface area contributed by atoms with Gasteiger partial charge in [0, 0.05) is 16.4 Å². The molecule has 0 radical (unpaired) electrons. The van der Waals surface area contributed by atoms with Crippen molar-refractivity contribution in [2.75, 3.05) is 0 Å². The largest absolute Gasteiger partial charge is 0.507 e. The number of rotatable bonds is 5. The van der Waals surface area contributed by atoms with Crippen LogP contribution in [0.1, 0.15) is 73.1 Å². The summed E-state index contributed by atoms with van der Waals surface area (Å²) in [6, 6.07) is 10.4. The molecule has 3 aliphatic rings. The number of ketones is 2. The molecule has 0 aliphatic heterocycles. The first-order valence-corrected chi connectivity index (χ1v) is 14.9. The van der Waals surface area contributed by atoms with Gasteiger partial charge in [-0.25, -0.2) is 0 Å². The Balaban J connectivity index is 1.67. The van der Waals surface area contributed by atoms with Gasteiger partial charge in [-0.3, -0.25) is 14.4 Å². The lowest BCUT2D eigenvalue weighted by atomic mass is 9.36. The lowest BCUT2D eigenvalue weighted by Gasteiger charge is -2.69. The first kappa shape index (κ1) is 32.0. The van der Waals surface area contributed by atoms with Crippen molar-refractivity contribution in [1.29, 1.82) is 0 Å². The van der Waals surface area contributed by atoms with Crippen LogP contribution in [0.5, 0.6) is 5.75 Å². The van der Waals surface area contributed by atoms with Crippen molar-refractivity contribution in [2.45, 2.75) is 71.1 Å². The Bertz CT molecular complexity index is 1550. The summed E-state index contributed by atoms with van der Waals surface area (Å²) in [6.07, 6.45) is -2.03. The van der Waals surface area contributed by atoms with Gasteiger partial charge < -0.3 is 36.4 Å². The molecule has 10 atom stereocenters. The summed E-state index contributed by atoms with van der Waals surface area (Å²) in [6.45, 7) is 8.09. The van der Waals surface area contributed by atoms with E-state index in [9.17, 15) is 45.0 Å². The van der Waals surface area contributed by atoms with Crippen LogP contribution in [0.3, 0.4) is 0 Å². The van der Waals surface area contributed by atoms with Crippen molar-refractivity contribution < 1.29 is 45.0 Å². The third-order valence-corrected chi connectivity index (χ3v) is 11.3. The maximum atomic E-state index is 14.4. The maximum absolute atomic E-state index is 14.4. The molecular formula is C34H41NO9. The fourth-order valence-electron chi connectivity index (χ4n) is 8.83. The summed E-state index contributed by atoms with van der Waals surface area (Å²) in [5.41, 5.74) is 1.48. The van der Waals surface area contributed by atoms with Crippen molar-refractivity contribution in [3.05, 3.63) is 64.2 Å².